The molecule has 3 N–H and O–H groups in total. The van der Waals surface area contributed by atoms with E-state index in [0.29, 0.717) is 25.7 Å². The second-order valence-corrected chi connectivity index (χ2v) is 35.3. The van der Waals surface area contributed by atoms with Crippen LogP contribution in [0.25, 0.3) is 0 Å². The topological polar surface area (TPSA) is 237 Å². The van der Waals surface area contributed by atoms with Crippen LogP contribution in [0.3, 0.4) is 0 Å². The van der Waals surface area contributed by atoms with Gasteiger partial charge in [0.1, 0.15) is 19.3 Å². The summed E-state index contributed by atoms with van der Waals surface area (Å²) in [5.74, 6) is 0.294. The van der Waals surface area contributed by atoms with Gasteiger partial charge >= 0.3 is 39.5 Å². The van der Waals surface area contributed by atoms with E-state index in [1.807, 2.05) is 0 Å². The molecule has 624 valence electrons. The van der Waals surface area contributed by atoms with Crippen molar-refractivity contribution in [2.45, 2.75) is 471 Å². The Balaban J connectivity index is 5.27. The van der Waals surface area contributed by atoms with Gasteiger partial charge in [0.05, 0.1) is 26.4 Å². The molecule has 19 heteroatoms. The van der Waals surface area contributed by atoms with E-state index in [4.69, 9.17) is 37.0 Å². The number of hydrogen-bond donors (Lipinski definition) is 3. The van der Waals surface area contributed by atoms with Crippen LogP contribution in [0.15, 0.2) is 0 Å². The molecule has 0 radical (unpaired) electrons. The van der Waals surface area contributed by atoms with Crippen molar-refractivity contribution in [3.63, 3.8) is 0 Å². The molecule has 0 rings (SSSR count). The van der Waals surface area contributed by atoms with Gasteiger partial charge in [-0.15, -0.1) is 0 Å². The number of esters is 4. The Hall–Kier alpha value is -1.94. The molecule has 2 unspecified atom stereocenters. The van der Waals surface area contributed by atoms with E-state index < -0.39 is 97.5 Å². The molecule has 0 bridgehead atoms. The number of carbonyl (C=O) groups excluding carboxylic acids is 4. The van der Waals surface area contributed by atoms with Crippen molar-refractivity contribution in [2.24, 2.45) is 17.8 Å². The number of phosphoric ester groups is 2. The zero-order chi connectivity index (χ0) is 77.2. The minimum absolute atomic E-state index is 0.108. The Bertz CT molecular complexity index is 2030. The number of carbonyl (C=O) groups is 4. The van der Waals surface area contributed by atoms with E-state index in [9.17, 15) is 43.2 Å². The molecule has 0 fully saturated rings. The van der Waals surface area contributed by atoms with Crippen LogP contribution in [-0.4, -0.2) is 96.7 Å². The third kappa shape index (κ3) is 79.9. The molecule has 0 saturated heterocycles. The summed E-state index contributed by atoms with van der Waals surface area (Å²) in [5.41, 5.74) is 0. The van der Waals surface area contributed by atoms with E-state index in [-0.39, 0.29) is 25.7 Å². The predicted octanol–water partition coefficient (Wildman–Crippen LogP) is 26.1. The van der Waals surface area contributed by atoms with E-state index in [1.54, 1.807) is 0 Å². The Morgan fingerprint density at radius 1 is 0.257 bits per heavy atom. The largest absolute Gasteiger partial charge is 0.472 e. The van der Waals surface area contributed by atoms with Crippen molar-refractivity contribution in [3.05, 3.63) is 0 Å². The average Bonchev–Trinajstić information content (AvgIpc) is 0.907. The maximum Gasteiger partial charge on any atom is 0.472 e. The van der Waals surface area contributed by atoms with Gasteiger partial charge in [-0.2, -0.15) is 0 Å². The molecule has 0 aliphatic rings. The summed E-state index contributed by atoms with van der Waals surface area (Å²) in [6.07, 6.45) is 66.5. The molecule has 5 atom stereocenters. The molecule has 0 aromatic carbocycles. The van der Waals surface area contributed by atoms with Crippen molar-refractivity contribution < 1.29 is 80.2 Å². The summed E-state index contributed by atoms with van der Waals surface area (Å²) in [4.78, 5) is 73.3. The van der Waals surface area contributed by atoms with Crippen LogP contribution in [-0.2, 0) is 65.4 Å². The maximum atomic E-state index is 13.1. The van der Waals surface area contributed by atoms with Gasteiger partial charge in [0, 0.05) is 25.7 Å². The highest BCUT2D eigenvalue weighted by atomic mass is 31.2. The number of aliphatic hydroxyl groups excluding tert-OH is 1. The van der Waals surface area contributed by atoms with Crippen LogP contribution in [0, 0.1) is 17.8 Å². The summed E-state index contributed by atoms with van der Waals surface area (Å²) in [6.45, 7) is 12.1. The van der Waals surface area contributed by atoms with Gasteiger partial charge in [-0.25, -0.2) is 9.13 Å². The van der Waals surface area contributed by atoms with Crippen LogP contribution in [0.1, 0.15) is 453 Å². The molecule has 0 spiro atoms. The highest BCUT2D eigenvalue weighted by Gasteiger charge is 2.30. The monoisotopic (exact) mass is 1540 g/mol. The average molecular weight is 1540 g/mol. The van der Waals surface area contributed by atoms with Crippen LogP contribution in [0.2, 0.25) is 0 Å². The molecular formula is C86H168O17P2. The highest BCUT2D eigenvalue weighted by Crippen LogP contribution is 2.45. The molecule has 0 aliphatic heterocycles. The highest BCUT2D eigenvalue weighted by molar-refractivity contribution is 7.47. The lowest BCUT2D eigenvalue weighted by atomic mass is 10.0. The lowest BCUT2D eigenvalue weighted by Gasteiger charge is -2.21. The van der Waals surface area contributed by atoms with Crippen LogP contribution in [0.4, 0.5) is 0 Å². The van der Waals surface area contributed by atoms with Crippen LogP contribution < -0.4 is 0 Å². The van der Waals surface area contributed by atoms with Crippen LogP contribution in [0.5, 0.6) is 0 Å². The van der Waals surface area contributed by atoms with Crippen molar-refractivity contribution in [2.75, 3.05) is 39.6 Å². The number of unbranched alkanes of at least 4 members (excludes halogenated alkanes) is 52. The quantitative estimate of drug-likeness (QED) is 0.0222. The Kier molecular flexibility index (Phi) is 74.7. The summed E-state index contributed by atoms with van der Waals surface area (Å²) in [6, 6.07) is 0. The molecule has 105 heavy (non-hydrogen) atoms. The first kappa shape index (κ1) is 103. The van der Waals surface area contributed by atoms with Crippen molar-refractivity contribution in [1.82, 2.24) is 0 Å². The predicted molar refractivity (Wildman–Crippen MR) is 432 cm³/mol. The second-order valence-electron chi connectivity index (χ2n) is 32.4. The zero-order valence-electron chi connectivity index (χ0n) is 69.2. The fourth-order valence-electron chi connectivity index (χ4n) is 13.4. The standard InChI is InChI=1S/C86H168O17P2/c1-8-9-10-11-12-13-14-22-32-39-46-53-60-67-83(88)96-73-81(103-86(91)70-63-56-49-42-35-28-21-25-31-38-45-52-59-66-79(6)7)75-100-104(92,93)98-71-80(87)72-99-105(94,95)101-76-82(102-85(90)69-62-55-48-41-34-27-20-16-18-24-30-37-44-51-58-65-78(4)5)74-97-84(89)68-61-54-47-40-33-26-19-15-17-23-29-36-43-50-57-64-77(2)3/h77-82,87H,8-76H2,1-7H3,(H,92,93)(H,94,95)/t80-,81+,82+/m0/s1. The number of aliphatic hydroxyl groups is 1. The third-order valence-corrected chi connectivity index (χ3v) is 22.0. The molecule has 17 nitrogen and oxygen atoms in total. The minimum Gasteiger partial charge on any atom is -0.462 e. The summed E-state index contributed by atoms with van der Waals surface area (Å²) < 4.78 is 68.9. The van der Waals surface area contributed by atoms with E-state index in [0.717, 1.165) is 108 Å². The zero-order valence-corrected chi connectivity index (χ0v) is 71.0. The maximum absolute atomic E-state index is 13.1. The lowest BCUT2D eigenvalue weighted by molar-refractivity contribution is -0.161. The second kappa shape index (κ2) is 76.1. The number of phosphoric acid groups is 2. The molecule has 0 amide bonds. The smallest absolute Gasteiger partial charge is 0.462 e. The number of ether oxygens (including phenoxy) is 4. The Labute approximate surface area is 645 Å². The molecule has 0 saturated carbocycles. The first-order valence-corrected chi connectivity index (χ1v) is 47.3. The van der Waals surface area contributed by atoms with E-state index in [1.165, 1.54) is 263 Å². The SMILES string of the molecule is CCCCCCCCCCCCCCCC(=O)OC[C@H](COP(=O)(O)OC[C@H](O)COP(=O)(O)OC[C@@H](COC(=O)CCCCCCCCCCCCCCCCCC(C)C)OC(=O)CCCCCCCCCCCCCCCCCC(C)C)OC(=O)CCCCCCCCCCCCCCCC(C)C. The van der Waals surface area contributed by atoms with Crippen molar-refractivity contribution in [3.8, 4) is 0 Å². The van der Waals surface area contributed by atoms with Gasteiger partial charge in [0.15, 0.2) is 12.2 Å². The lowest BCUT2D eigenvalue weighted by Crippen LogP contribution is -2.30. The van der Waals surface area contributed by atoms with Gasteiger partial charge in [0.2, 0.25) is 0 Å². The fraction of sp³-hybridized carbons (Fsp3) is 0.953. The summed E-state index contributed by atoms with van der Waals surface area (Å²) >= 11 is 0. The number of rotatable bonds is 84. The summed E-state index contributed by atoms with van der Waals surface area (Å²) in [5, 5.41) is 10.7. The van der Waals surface area contributed by atoms with Gasteiger partial charge in [-0.1, -0.05) is 402 Å². The third-order valence-electron chi connectivity index (χ3n) is 20.1. The molecule has 0 aliphatic carbocycles. The van der Waals surface area contributed by atoms with E-state index in [2.05, 4.69) is 48.5 Å². The molecule has 0 aromatic heterocycles. The molecule has 0 aromatic rings. The first-order valence-electron chi connectivity index (χ1n) is 44.3. The van der Waals surface area contributed by atoms with Gasteiger partial charge < -0.3 is 33.8 Å². The Morgan fingerprint density at radius 2 is 0.438 bits per heavy atom. The first-order chi connectivity index (χ1) is 50.7. The fourth-order valence-corrected chi connectivity index (χ4v) is 14.9. The van der Waals surface area contributed by atoms with E-state index >= 15 is 0 Å². The number of hydrogen-bond acceptors (Lipinski definition) is 15. The Morgan fingerprint density at radius 3 is 0.648 bits per heavy atom. The van der Waals surface area contributed by atoms with Gasteiger partial charge in [-0.05, 0) is 43.4 Å². The summed E-state index contributed by atoms with van der Waals surface area (Å²) in [7, 11) is -9.93. The van der Waals surface area contributed by atoms with Gasteiger partial charge in [-0.3, -0.25) is 37.3 Å². The van der Waals surface area contributed by atoms with Crippen molar-refractivity contribution in [1.29, 1.82) is 0 Å². The van der Waals surface area contributed by atoms with Gasteiger partial charge in [0.25, 0.3) is 0 Å². The normalized spacial score (nSPS) is 13.9. The minimum atomic E-state index is -4.97. The molecular weight excluding hydrogens is 1370 g/mol. The van der Waals surface area contributed by atoms with Crippen LogP contribution >= 0.6 is 15.6 Å². The molecule has 0 heterocycles. The van der Waals surface area contributed by atoms with Crippen molar-refractivity contribution >= 4 is 39.5 Å².